The first-order valence-electron chi connectivity index (χ1n) is 8.84. The molecule has 7 nitrogen and oxygen atoms in total. The van der Waals surface area contributed by atoms with Crippen molar-refractivity contribution >= 4 is 15.7 Å². The summed E-state index contributed by atoms with van der Waals surface area (Å²) >= 11 is 0. The van der Waals surface area contributed by atoms with Crippen LogP contribution in [0.1, 0.15) is 36.3 Å². The molecule has 2 aliphatic rings. The van der Waals surface area contributed by atoms with E-state index in [9.17, 15) is 13.2 Å². The third kappa shape index (κ3) is 4.41. The first-order chi connectivity index (χ1) is 11.7. The number of hydrogen-bond donors (Lipinski definition) is 0. The van der Waals surface area contributed by atoms with Crippen LogP contribution in [0.3, 0.4) is 0 Å². The number of piperidine rings is 1. The molecular weight excluding hydrogens is 342 g/mol. The molecule has 0 radical (unpaired) electrons. The number of sulfone groups is 1. The Balaban J connectivity index is 1.53. The van der Waals surface area contributed by atoms with Gasteiger partial charge in [0.1, 0.15) is 15.6 Å². The highest BCUT2D eigenvalue weighted by Gasteiger charge is 2.37. The third-order valence-electron chi connectivity index (χ3n) is 5.34. The summed E-state index contributed by atoms with van der Waals surface area (Å²) < 4.78 is 28.2. The Morgan fingerprint density at radius 1 is 1.24 bits per heavy atom. The van der Waals surface area contributed by atoms with Crippen LogP contribution in [-0.4, -0.2) is 67.0 Å². The minimum atomic E-state index is -3.03. The number of carbonyl (C=O) groups is 1. The van der Waals surface area contributed by atoms with Crippen molar-refractivity contribution in [2.45, 2.75) is 45.7 Å². The fourth-order valence-corrected chi connectivity index (χ4v) is 5.12. The van der Waals surface area contributed by atoms with Crippen molar-refractivity contribution in [3.63, 3.8) is 0 Å². The van der Waals surface area contributed by atoms with Crippen molar-refractivity contribution < 1.29 is 17.7 Å². The SMILES string of the molecule is Cc1noc(C)c1CN1CCC(N2CC(CS(C)(=O)=O)CC2=O)CC1. The molecule has 25 heavy (non-hydrogen) atoms. The summed E-state index contributed by atoms with van der Waals surface area (Å²) in [5.74, 6) is 1.04. The minimum Gasteiger partial charge on any atom is -0.361 e. The number of carbonyl (C=O) groups excluding carboxylic acids is 1. The fourth-order valence-electron chi connectivity index (χ4n) is 4.04. The monoisotopic (exact) mass is 369 g/mol. The third-order valence-corrected chi connectivity index (χ3v) is 6.41. The summed E-state index contributed by atoms with van der Waals surface area (Å²) in [6, 6.07) is 0.234. The molecule has 2 fully saturated rings. The topological polar surface area (TPSA) is 83.7 Å². The lowest BCUT2D eigenvalue weighted by Gasteiger charge is -2.36. The molecular formula is C17H27N3O4S. The van der Waals surface area contributed by atoms with Crippen molar-refractivity contribution in [2.75, 3.05) is 31.6 Å². The number of aromatic nitrogens is 1. The van der Waals surface area contributed by atoms with Gasteiger partial charge < -0.3 is 9.42 Å². The average Bonchev–Trinajstić information content (AvgIpc) is 3.03. The Bertz CT molecular complexity index is 716. The number of nitrogens with zero attached hydrogens (tertiary/aromatic N) is 3. The second-order valence-electron chi connectivity index (χ2n) is 7.52. The molecule has 0 aliphatic carbocycles. The molecule has 1 amide bonds. The number of likely N-dealkylation sites (tertiary alicyclic amines) is 2. The molecule has 3 heterocycles. The molecule has 0 aromatic carbocycles. The van der Waals surface area contributed by atoms with Gasteiger partial charge >= 0.3 is 0 Å². The summed E-state index contributed by atoms with van der Waals surface area (Å²) in [6.07, 6.45) is 3.47. The van der Waals surface area contributed by atoms with E-state index in [4.69, 9.17) is 4.52 Å². The molecule has 2 saturated heterocycles. The van der Waals surface area contributed by atoms with E-state index in [0.29, 0.717) is 13.0 Å². The van der Waals surface area contributed by atoms with E-state index in [2.05, 4.69) is 10.1 Å². The van der Waals surface area contributed by atoms with Gasteiger partial charge in [0.2, 0.25) is 5.91 Å². The summed E-state index contributed by atoms with van der Waals surface area (Å²) in [4.78, 5) is 16.6. The number of hydrogen-bond acceptors (Lipinski definition) is 6. The van der Waals surface area contributed by atoms with Gasteiger partial charge in [-0.1, -0.05) is 5.16 Å². The first-order valence-corrected chi connectivity index (χ1v) is 10.9. The van der Waals surface area contributed by atoms with Crippen LogP contribution in [0.2, 0.25) is 0 Å². The Labute approximate surface area is 149 Å². The molecule has 0 spiro atoms. The fraction of sp³-hybridized carbons (Fsp3) is 0.765. The van der Waals surface area contributed by atoms with Gasteiger partial charge in [-0.15, -0.1) is 0 Å². The molecule has 0 bridgehead atoms. The van der Waals surface area contributed by atoms with Gasteiger partial charge in [0.15, 0.2) is 0 Å². The zero-order chi connectivity index (χ0) is 18.2. The largest absolute Gasteiger partial charge is 0.361 e. The molecule has 1 unspecified atom stereocenters. The van der Waals surface area contributed by atoms with Crippen molar-refractivity contribution in [1.29, 1.82) is 0 Å². The molecule has 2 aliphatic heterocycles. The standard InChI is InChI=1S/C17H27N3O4S/c1-12-16(13(2)24-18-12)10-19-6-4-15(5-7-19)20-9-14(8-17(20)21)11-25(3,22)23/h14-15H,4-11H2,1-3H3. The lowest BCUT2D eigenvalue weighted by Crippen LogP contribution is -2.45. The Kier molecular flexibility index (Phi) is 5.20. The van der Waals surface area contributed by atoms with E-state index in [1.165, 1.54) is 6.26 Å². The van der Waals surface area contributed by atoms with Crippen molar-refractivity contribution in [2.24, 2.45) is 5.92 Å². The average molecular weight is 369 g/mol. The smallest absolute Gasteiger partial charge is 0.223 e. The van der Waals surface area contributed by atoms with E-state index in [1.807, 2.05) is 18.7 Å². The Hall–Kier alpha value is -1.41. The first kappa shape index (κ1) is 18.4. The predicted molar refractivity (Wildman–Crippen MR) is 93.8 cm³/mol. The van der Waals surface area contributed by atoms with Crippen molar-refractivity contribution in [3.05, 3.63) is 17.0 Å². The van der Waals surface area contributed by atoms with E-state index in [1.54, 1.807) is 0 Å². The van der Waals surface area contributed by atoms with Crippen LogP contribution in [0.15, 0.2) is 4.52 Å². The Morgan fingerprint density at radius 3 is 2.48 bits per heavy atom. The molecule has 3 rings (SSSR count). The molecule has 1 aromatic rings. The molecule has 1 atom stereocenters. The highest BCUT2D eigenvalue weighted by Crippen LogP contribution is 2.27. The molecule has 0 N–H and O–H groups in total. The van der Waals surface area contributed by atoms with Crippen LogP contribution < -0.4 is 0 Å². The van der Waals surface area contributed by atoms with Crippen molar-refractivity contribution in [1.82, 2.24) is 15.0 Å². The van der Waals surface area contributed by atoms with Gasteiger partial charge in [-0.2, -0.15) is 0 Å². The zero-order valence-electron chi connectivity index (χ0n) is 15.2. The van der Waals surface area contributed by atoms with Gasteiger partial charge in [-0.05, 0) is 32.6 Å². The van der Waals surface area contributed by atoms with Crippen molar-refractivity contribution in [3.8, 4) is 0 Å². The number of amides is 1. The second kappa shape index (κ2) is 7.07. The predicted octanol–water partition coefficient (Wildman–Crippen LogP) is 1.15. The summed E-state index contributed by atoms with van der Waals surface area (Å²) in [5, 5.41) is 4.00. The number of aryl methyl sites for hydroxylation is 2. The summed E-state index contributed by atoms with van der Waals surface area (Å²) in [5.41, 5.74) is 2.10. The lowest BCUT2D eigenvalue weighted by atomic mass is 10.0. The van der Waals surface area contributed by atoms with E-state index >= 15 is 0 Å². The molecule has 1 aromatic heterocycles. The van der Waals surface area contributed by atoms with Crippen LogP contribution in [-0.2, 0) is 21.2 Å². The minimum absolute atomic E-state index is 0.0529. The maximum absolute atomic E-state index is 12.3. The van der Waals surface area contributed by atoms with Gasteiger partial charge in [-0.25, -0.2) is 8.42 Å². The van der Waals surface area contributed by atoms with Crippen LogP contribution in [0, 0.1) is 19.8 Å². The summed E-state index contributed by atoms with van der Waals surface area (Å²) in [6.45, 7) is 7.17. The quantitative estimate of drug-likeness (QED) is 0.774. The van der Waals surface area contributed by atoms with E-state index in [0.717, 1.165) is 49.5 Å². The summed E-state index contributed by atoms with van der Waals surface area (Å²) in [7, 11) is -3.03. The van der Waals surface area contributed by atoms with Gasteiger partial charge in [0.25, 0.3) is 0 Å². The normalized spacial score (nSPS) is 23.6. The van der Waals surface area contributed by atoms with Gasteiger partial charge in [-0.3, -0.25) is 9.69 Å². The highest BCUT2D eigenvalue weighted by atomic mass is 32.2. The van der Waals surface area contributed by atoms with Crippen LogP contribution in [0.4, 0.5) is 0 Å². The second-order valence-corrected chi connectivity index (χ2v) is 9.70. The Morgan fingerprint density at radius 2 is 1.92 bits per heavy atom. The molecule has 0 saturated carbocycles. The van der Waals surface area contributed by atoms with Gasteiger partial charge in [0.05, 0.1) is 11.4 Å². The van der Waals surface area contributed by atoms with Crippen LogP contribution in [0.25, 0.3) is 0 Å². The maximum atomic E-state index is 12.3. The lowest BCUT2D eigenvalue weighted by molar-refractivity contribution is -0.130. The molecule has 140 valence electrons. The van der Waals surface area contributed by atoms with Crippen LogP contribution >= 0.6 is 0 Å². The van der Waals surface area contributed by atoms with Crippen LogP contribution in [0.5, 0.6) is 0 Å². The van der Waals surface area contributed by atoms with E-state index < -0.39 is 9.84 Å². The zero-order valence-corrected chi connectivity index (χ0v) is 16.0. The maximum Gasteiger partial charge on any atom is 0.223 e. The number of rotatable bonds is 5. The van der Waals surface area contributed by atoms with Gasteiger partial charge in [0, 0.05) is 50.5 Å². The van der Waals surface area contributed by atoms with E-state index in [-0.39, 0.29) is 23.6 Å². The molecule has 8 heteroatoms. The highest BCUT2D eigenvalue weighted by molar-refractivity contribution is 7.90.